The Kier molecular flexibility index (Phi) is 2.35. The van der Waals surface area contributed by atoms with E-state index in [1.807, 2.05) is 0 Å². The molecule has 0 aliphatic carbocycles. The lowest BCUT2D eigenvalue weighted by atomic mass is 10.3. The number of nitrogens with one attached hydrogen (secondary N) is 1. The van der Waals surface area contributed by atoms with Gasteiger partial charge < -0.3 is 10.2 Å². The molecule has 12 heavy (non-hydrogen) atoms. The number of nitrogens with zero attached hydrogens (tertiary/aromatic N) is 2. The summed E-state index contributed by atoms with van der Waals surface area (Å²) in [7, 11) is 3.33. The molecule has 0 aliphatic rings. The monoisotopic (exact) mass is 168 g/mol. The summed E-state index contributed by atoms with van der Waals surface area (Å²) >= 11 is 0. The van der Waals surface area contributed by atoms with Gasteiger partial charge in [-0.15, -0.1) is 0 Å². The molecule has 0 radical (unpaired) electrons. The first-order valence-corrected chi connectivity index (χ1v) is 3.42. The van der Waals surface area contributed by atoms with Crippen LogP contribution >= 0.6 is 0 Å². The highest BCUT2D eigenvalue weighted by Gasteiger charge is 2.09. The van der Waals surface area contributed by atoms with Crippen LogP contribution in [0.2, 0.25) is 0 Å². The number of anilines is 1. The number of nitrogen functional groups attached to an aromatic ring is 1. The second kappa shape index (κ2) is 3.27. The van der Waals surface area contributed by atoms with Crippen molar-refractivity contribution in [1.82, 2.24) is 9.78 Å². The molecule has 1 aromatic heterocycles. The molecule has 1 heterocycles. The summed E-state index contributed by atoms with van der Waals surface area (Å²) in [5, 5.41) is 3.99. The smallest absolute Gasteiger partial charge is 0.149 e. The highest BCUT2D eigenvalue weighted by molar-refractivity contribution is 5.67. The van der Waals surface area contributed by atoms with E-state index < -0.39 is 0 Å². The first-order valence-electron chi connectivity index (χ1n) is 3.42. The highest BCUT2D eigenvalue weighted by Crippen LogP contribution is 2.20. The minimum Gasteiger partial charge on any atom is -0.497 e. The van der Waals surface area contributed by atoms with Crippen LogP contribution in [-0.2, 0) is 11.8 Å². The molecule has 0 unspecified atom stereocenters. The molecular formula is C7H12N4O. The molecule has 5 nitrogen and oxygen atoms in total. The molecule has 0 bridgehead atoms. The standard InChI is InChI=1S/C7H12N4O/c1-5(12-3)6-4-9-11(2)7(6)10-8/h4,10H,1,8H2,2-3H3. The summed E-state index contributed by atoms with van der Waals surface area (Å²) in [6.07, 6.45) is 1.64. The molecule has 0 amide bonds. The van der Waals surface area contributed by atoms with Crippen molar-refractivity contribution in [2.24, 2.45) is 12.9 Å². The second-order valence-electron chi connectivity index (χ2n) is 2.30. The van der Waals surface area contributed by atoms with Gasteiger partial charge >= 0.3 is 0 Å². The predicted octanol–water partition coefficient (Wildman–Crippen LogP) is 0.323. The Bertz CT molecular complexity index is 292. The van der Waals surface area contributed by atoms with Gasteiger partial charge in [0.05, 0.1) is 18.9 Å². The zero-order valence-electron chi connectivity index (χ0n) is 7.16. The number of nitrogens with two attached hydrogens (primary N) is 1. The van der Waals surface area contributed by atoms with Crippen LogP contribution in [0.4, 0.5) is 5.82 Å². The highest BCUT2D eigenvalue weighted by atomic mass is 16.5. The van der Waals surface area contributed by atoms with Gasteiger partial charge in [0.2, 0.25) is 0 Å². The molecule has 0 saturated carbocycles. The van der Waals surface area contributed by atoms with E-state index in [0.29, 0.717) is 11.6 Å². The van der Waals surface area contributed by atoms with Crippen LogP contribution in [0.1, 0.15) is 5.56 Å². The van der Waals surface area contributed by atoms with E-state index in [-0.39, 0.29) is 0 Å². The van der Waals surface area contributed by atoms with Crippen LogP contribution < -0.4 is 11.3 Å². The lowest BCUT2D eigenvalue weighted by Gasteiger charge is -2.05. The lowest BCUT2D eigenvalue weighted by molar-refractivity contribution is 0.371. The average molecular weight is 168 g/mol. The van der Waals surface area contributed by atoms with Crippen LogP contribution in [0.15, 0.2) is 12.8 Å². The molecule has 3 N–H and O–H groups in total. The molecular weight excluding hydrogens is 156 g/mol. The number of hydrazine groups is 1. The number of ether oxygens (including phenoxy) is 1. The Balaban J connectivity index is 3.07. The summed E-state index contributed by atoms with van der Waals surface area (Å²) in [5.74, 6) is 6.50. The van der Waals surface area contributed by atoms with E-state index in [0.717, 1.165) is 5.56 Å². The van der Waals surface area contributed by atoms with Gasteiger partial charge in [0.1, 0.15) is 11.6 Å². The van der Waals surface area contributed by atoms with Crippen molar-refractivity contribution in [3.8, 4) is 0 Å². The Morgan fingerprint density at radius 1 is 1.83 bits per heavy atom. The van der Waals surface area contributed by atoms with Crippen molar-refractivity contribution in [2.45, 2.75) is 0 Å². The van der Waals surface area contributed by atoms with Crippen LogP contribution in [0.5, 0.6) is 0 Å². The van der Waals surface area contributed by atoms with Crippen LogP contribution in [-0.4, -0.2) is 16.9 Å². The maximum atomic E-state index is 5.28. The number of hydrogen-bond donors (Lipinski definition) is 2. The van der Waals surface area contributed by atoms with E-state index in [1.165, 1.54) is 0 Å². The van der Waals surface area contributed by atoms with Crippen molar-refractivity contribution < 1.29 is 4.74 Å². The zero-order valence-corrected chi connectivity index (χ0v) is 7.16. The van der Waals surface area contributed by atoms with Gasteiger partial charge in [0.15, 0.2) is 0 Å². The Morgan fingerprint density at radius 2 is 2.50 bits per heavy atom. The molecule has 0 aromatic carbocycles. The molecule has 66 valence electrons. The van der Waals surface area contributed by atoms with Gasteiger partial charge in [-0.2, -0.15) is 5.10 Å². The van der Waals surface area contributed by atoms with Crippen molar-refractivity contribution in [2.75, 3.05) is 12.5 Å². The fourth-order valence-electron chi connectivity index (χ4n) is 0.923. The number of aromatic nitrogens is 2. The topological polar surface area (TPSA) is 65.1 Å². The molecule has 1 aromatic rings. The Hall–Kier alpha value is -1.49. The quantitative estimate of drug-likeness (QED) is 0.387. The summed E-state index contributed by atoms with van der Waals surface area (Å²) in [5.41, 5.74) is 3.28. The Morgan fingerprint density at radius 3 is 3.00 bits per heavy atom. The van der Waals surface area contributed by atoms with Crippen molar-refractivity contribution in [3.63, 3.8) is 0 Å². The third-order valence-corrected chi connectivity index (χ3v) is 1.62. The van der Waals surface area contributed by atoms with Gasteiger partial charge in [-0.1, -0.05) is 6.58 Å². The minimum atomic E-state index is 0.538. The van der Waals surface area contributed by atoms with Crippen LogP contribution in [0, 0.1) is 0 Å². The van der Waals surface area contributed by atoms with Crippen molar-refractivity contribution in [3.05, 3.63) is 18.3 Å². The van der Waals surface area contributed by atoms with Crippen LogP contribution in [0.25, 0.3) is 5.76 Å². The average Bonchev–Trinajstić information content (AvgIpc) is 2.45. The lowest BCUT2D eigenvalue weighted by Crippen LogP contribution is -2.12. The SMILES string of the molecule is C=C(OC)c1cnn(C)c1NN. The molecule has 0 spiro atoms. The molecule has 0 fully saturated rings. The first-order chi connectivity index (χ1) is 5.70. The van der Waals surface area contributed by atoms with Crippen LogP contribution in [0.3, 0.4) is 0 Å². The fourth-order valence-corrected chi connectivity index (χ4v) is 0.923. The van der Waals surface area contributed by atoms with Gasteiger partial charge in [-0.25, -0.2) is 5.84 Å². The first kappa shape index (κ1) is 8.61. The molecule has 0 atom stereocenters. The van der Waals surface area contributed by atoms with Crippen molar-refractivity contribution >= 4 is 11.6 Å². The third kappa shape index (κ3) is 1.26. The van der Waals surface area contributed by atoms with Gasteiger partial charge in [-0.05, 0) is 0 Å². The predicted molar refractivity (Wildman–Crippen MR) is 47.1 cm³/mol. The number of aryl methyl sites for hydroxylation is 1. The maximum Gasteiger partial charge on any atom is 0.149 e. The molecule has 0 aliphatic heterocycles. The minimum absolute atomic E-state index is 0.538. The van der Waals surface area contributed by atoms with Gasteiger partial charge in [0.25, 0.3) is 0 Å². The van der Waals surface area contributed by atoms with Gasteiger partial charge in [-0.3, -0.25) is 4.68 Å². The number of methoxy groups -OCH3 is 1. The number of rotatable bonds is 3. The third-order valence-electron chi connectivity index (χ3n) is 1.62. The molecule has 0 saturated heterocycles. The fraction of sp³-hybridized carbons (Fsp3) is 0.286. The summed E-state index contributed by atoms with van der Waals surface area (Å²) in [4.78, 5) is 0. The molecule has 1 rings (SSSR count). The largest absolute Gasteiger partial charge is 0.497 e. The summed E-state index contributed by atoms with van der Waals surface area (Å²) in [6.45, 7) is 3.69. The summed E-state index contributed by atoms with van der Waals surface area (Å²) in [6, 6.07) is 0. The van der Waals surface area contributed by atoms with E-state index in [9.17, 15) is 0 Å². The maximum absolute atomic E-state index is 5.28. The zero-order chi connectivity index (χ0) is 9.14. The molecule has 5 heteroatoms. The van der Waals surface area contributed by atoms with E-state index in [1.54, 1.807) is 25.0 Å². The van der Waals surface area contributed by atoms with E-state index in [4.69, 9.17) is 10.6 Å². The van der Waals surface area contributed by atoms with E-state index >= 15 is 0 Å². The van der Waals surface area contributed by atoms with E-state index in [2.05, 4.69) is 17.1 Å². The normalized spacial score (nSPS) is 9.58. The Labute approximate surface area is 70.8 Å². The van der Waals surface area contributed by atoms with Gasteiger partial charge in [0, 0.05) is 7.05 Å². The second-order valence-corrected chi connectivity index (χ2v) is 2.30. The number of hydrogen-bond acceptors (Lipinski definition) is 4. The van der Waals surface area contributed by atoms with Crippen molar-refractivity contribution in [1.29, 1.82) is 0 Å². The summed E-state index contributed by atoms with van der Waals surface area (Å²) < 4.78 is 6.56.